The lowest BCUT2D eigenvalue weighted by Gasteiger charge is -2.48. The second-order valence-corrected chi connectivity index (χ2v) is 12.7. The molecule has 114 valence electrons. The van der Waals surface area contributed by atoms with Crippen molar-refractivity contribution in [2.75, 3.05) is 6.54 Å². The lowest BCUT2D eigenvalue weighted by atomic mass is 9.67. The van der Waals surface area contributed by atoms with Gasteiger partial charge >= 0.3 is 0 Å². The van der Waals surface area contributed by atoms with Crippen molar-refractivity contribution in [1.82, 2.24) is 0 Å². The summed E-state index contributed by atoms with van der Waals surface area (Å²) in [6.45, 7) is 14.9. The molecule has 0 aromatic carbocycles. The smallest absolute Gasteiger partial charge is 0.192 e. The van der Waals surface area contributed by atoms with Crippen molar-refractivity contribution >= 4 is 14.0 Å². The Balaban J connectivity index is 2.29. The summed E-state index contributed by atoms with van der Waals surface area (Å²) in [6.07, 6.45) is 9.71. The molecule has 2 nitrogen and oxygen atoms in total. The minimum atomic E-state index is -1.74. The summed E-state index contributed by atoms with van der Waals surface area (Å²) >= 11 is 0. The molecule has 0 saturated heterocycles. The first kappa shape index (κ1) is 16.0. The Morgan fingerprint density at radius 3 is 2.60 bits per heavy atom. The van der Waals surface area contributed by atoms with Crippen LogP contribution in [-0.2, 0) is 4.43 Å². The molecule has 2 rings (SSSR count). The molecule has 0 unspecified atom stereocenters. The van der Waals surface area contributed by atoms with Gasteiger partial charge in [0.2, 0.25) is 0 Å². The maximum atomic E-state index is 6.78. The minimum Gasteiger partial charge on any atom is -0.410 e. The summed E-state index contributed by atoms with van der Waals surface area (Å²) in [6, 6.07) is 0. The monoisotopic (exact) mass is 293 g/mol. The predicted octanol–water partition coefficient (Wildman–Crippen LogP) is 4.97. The van der Waals surface area contributed by atoms with Gasteiger partial charge in [-0.25, -0.2) is 0 Å². The fourth-order valence-electron chi connectivity index (χ4n) is 3.17. The summed E-state index contributed by atoms with van der Waals surface area (Å²) in [5, 5.41) is 0.263. The number of hydrogen-bond acceptors (Lipinski definition) is 2. The Morgan fingerprint density at radius 2 is 2.00 bits per heavy atom. The van der Waals surface area contributed by atoms with Crippen LogP contribution >= 0.6 is 0 Å². The third-order valence-electron chi connectivity index (χ3n) is 5.69. The van der Waals surface area contributed by atoms with Gasteiger partial charge in [0.15, 0.2) is 8.32 Å². The van der Waals surface area contributed by atoms with Gasteiger partial charge in [-0.2, -0.15) is 0 Å². The summed E-state index contributed by atoms with van der Waals surface area (Å²) in [7, 11) is -1.74. The Labute approximate surface area is 125 Å². The molecule has 0 bridgehead atoms. The first-order valence-electron chi connectivity index (χ1n) is 8.05. The van der Waals surface area contributed by atoms with Crippen LogP contribution in [0.1, 0.15) is 53.4 Å². The molecule has 0 saturated carbocycles. The molecule has 3 heteroatoms. The number of nitrogens with zero attached hydrogens (tertiary/aromatic N) is 1. The van der Waals surface area contributed by atoms with Crippen molar-refractivity contribution in [3.05, 3.63) is 12.2 Å². The van der Waals surface area contributed by atoms with E-state index < -0.39 is 8.32 Å². The van der Waals surface area contributed by atoms with Gasteiger partial charge in [-0.3, -0.25) is 4.99 Å². The zero-order chi connectivity index (χ0) is 15.0. The molecule has 0 fully saturated rings. The number of aliphatic imine (C=N–C) groups is 1. The Hall–Kier alpha value is -0.413. The van der Waals surface area contributed by atoms with E-state index in [1.165, 1.54) is 31.4 Å². The van der Waals surface area contributed by atoms with Crippen molar-refractivity contribution < 1.29 is 4.43 Å². The highest BCUT2D eigenvalue weighted by Gasteiger charge is 2.47. The number of allylic oxidation sites excluding steroid dienone is 1. The molecule has 0 amide bonds. The first-order valence-corrected chi connectivity index (χ1v) is 11.0. The van der Waals surface area contributed by atoms with E-state index in [0.29, 0.717) is 0 Å². The maximum absolute atomic E-state index is 6.78. The van der Waals surface area contributed by atoms with Gasteiger partial charge in [-0.05, 0) is 50.7 Å². The van der Waals surface area contributed by atoms with Crippen LogP contribution in [-0.4, -0.2) is 26.7 Å². The fourth-order valence-corrected chi connectivity index (χ4v) is 4.46. The second kappa shape index (κ2) is 5.41. The molecule has 0 aromatic rings. The SMILES string of the molecule is CC1=NCCC[C@]12CCC=C[C@H]2O[Si](C)(C)C(C)(C)C. The third-order valence-corrected chi connectivity index (χ3v) is 10.1. The highest BCUT2D eigenvalue weighted by Crippen LogP contribution is 2.46. The van der Waals surface area contributed by atoms with Crippen molar-refractivity contribution in [3.8, 4) is 0 Å². The average molecular weight is 294 g/mol. The van der Waals surface area contributed by atoms with Crippen LogP contribution < -0.4 is 0 Å². The topological polar surface area (TPSA) is 21.6 Å². The summed E-state index contributed by atoms with van der Waals surface area (Å²) in [5.74, 6) is 0. The lowest BCUT2D eigenvalue weighted by Crippen LogP contribution is -2.52. The average Bonchev–Trinajstić information content (AvgIpc) is 2.34. The van der Waals surface area contributed by atoms with E-state index in [9.17, 15) is 0 Å². The molecule has 1 spiro atoms. The van der Waals surface area contributed by atoms with Gasteiger partial charge < -0.3 is 4.43 Å². The van der Waals surface area contributed by atoms with Crippen LogP contribution in [0.3, 0.4) is 0 Å². The molecule has 20 heavy (non-hydrogen) atoms. The van der Waals surface area contributed by atoms with Crippen molar-refractivity contribution in [3.63, 3.8) is 0 Å². The van der Waals surface area contributed by atoms with Gasteiger partial charge in [0.1, 0.15) is 0 Å². The summed E-state index contributed by atoms with van der Waals surface area (Å²) < 4.78 is 6.78. The molecular formula is C17H31NOSi. The third kappa shape index (κ3) is 2.80. The van der Waals surface area contributed by atoms with Gasteiger partial charge in [0, 0.05) is 17.7 Å². The highest BCUT2D eigenvalue weighted by molar-refractivity contribution is 6.74. The quantitative estimate of drug-likeness (QED) is 0.520. The van der Waals surface area contributed by atoms with E-state index in [4.69, 9.17) is 9.42 Å². The number of hydrogen-bond donors (Lipinski definition) is 0. The second-order valence-electron chi connectivity index (χ2n) is 7.99. The van der Waals surface area contributed by atoms with E-state index in [2.05, 4.69) is 52.9 Å². The molecule has 0 N–H and O–H groups in total. The van der Waals surface area contributed by atoms with Crippen molar-refractivity contribution in [2.24, 2.45) is 10.4 Å². The van der Waals surface area contributed by atoms with Gasteiger partial charge in [0.05, 0.1) is 6.10 Å². The van der Waals surface area contributed by atoms with Gasteiger partial charge in [0.25, 0.3) is 0 Å². The normalized spacial score (nSPS) is 31.5. The highest BCUT2D eigenvalue weighted by atomic mass is 28.4. The Morgan fingerprint density at radius 1 is 1.30 bits per heavy atom. The molecule has 1 aliphatic heterocycles. The van der Waals surface area contributed by atoms with Crippen LogP contribution in [0.5, 0.6) is 0 Å². The zero-order valence-corrected chi connectivity index (χ0v) is 15.1. The Kier molecular flexibility index (Phi) is 4.32. The van der Waals surface area contributed by atoms with Crippen LogP contribution in [0.25, 0.3) is 0 Å². The van der Waals surface area contributed by atoms with E-state index in [-0.39, 0.29) is 16.6 Å². The largest absolute Gasteiger partial charge is 0.410 e. The van der Waals surface area contributed by atoms with E-state index in [0.717, 1.165) is 6.54 Å². The molecule has 2 aliphatic rings. The molecule has 1 aliphatic carbocycles. The molecule has 1 heterocycles. The standard InChI is InChI=1S/C17H31NOSi/c1-14-17(12-9-13-18-14)11-8-7-10-15(17)19-20(5,6)16(2,3)4/h7,10,15H,8-9,11-13H2,1-6H3/t15-,17-/m1/s1. The van der Waals surface area contributed by atoms with Crippen LogP contribution in [0.4, 0.5) is 0 Å². The van der Waals surface area contributed by atoms with Gasteiger partial charge in [-0.15, -0.1) is 0 Å². The van der Waals surface area contributed by atoms with Crippen molar-refractivity contribution in [2.45, 2.75) is 77.6 Å². The van der Waals surface area contributed by atoms with Crippen LogP contribution in [0, 0.1) is 5.41 Å². The fraction of sp³-hybridized carbons (Fsp3) is 0.824. The first-order chi connectivity index (χ1) is 9.19. The Bertz CT molecular complexity index is 419. The minimum absolute atomic E-state index is 0.183. The van der Waals surface area contributed by atoms with Gasteiger partial charge in [-0.1, -0.05) is 32.9 Å². The van der Waals surface area contributed by atoms with Crippen LogP contribution in [0.2, 0.25) is 18.1 Å². The molecule has 0 aromatic heterocycles. The molecule has 2 atom stereocenters. The summed E-state index contributed by atoms with van der Waals surface area (Å²) in [4.78, 5) is 4.77. The van der Waals surface area contributed by atoms with E-state index in [1.807, 2.05) is 0 Å². The molecule has 0 radical (unpaired) electrons. The van der Waals surface area contributed by atoms with Crippen LogP contribution in [0.15, 0.2) is 17.1 Å². The predicted molar refractivity (Wildman–Crippen MR) is 90.1 cm³/mol. The lowest BCUT2D eigenvalue weighted by molar-refractivity contribution is 0.0963. The zero-order valence-electron chi connectivity index (χ0n) is 14.1. The van der Waals surface area contributed by atoms with E-state index >= 15 is 0 Å². The number of rotatable bonds is 2. The van der Waals surface area contributed by atoms with E-state index in [1.54, 1.807) is 0 Å². The maximum Gasteiger partial charge on any atom is 0.192 e. The molecular weight excluding hydrogens is 262 g/mol. The van der Waals surface area contributed by atoms with Crippen molar-refractivity contribution in [1.29, 1.82) is 0 Å². The summed E-state index contributed by atoms with van der Waals surface area (Å²) in [5.41, 5.74) is 1.51.